The molecule has 0 aliphatic heterocycles. The molecule has 1 N–H and O–H groups in total. The van der Waals surface area contributed by atoms with Gasteiger partial charge in [-0.3, -0.25) is 5.32 Å². The lowest BCUT2D eigenvalue weighted by atomic mass is 10.9. The molecule has 9 heavy (non-hydrogen) atoms. The summed E-state index contributed by atoms with van der Waals surface area (Å²) in [6, 6.07) is 0. The number of rotatable bonds is 3. The van der Waals surface area contributed by atoms with Gasteiger partial charge in [0.05, 0.1) is 6.61 Å². The molecule has 0 aromatic heterocycles. The molecule has 0 bridgehead atoms. The summed E-state index contributed by atoms with van der Waals surface area (Å²) in [6.07, 6.45) is -0.614. The Kier molecular flexibility index (Phi) is 4.39. The first kappa shape index (κ1) is 7.87. The number of ether oxygens (including phenoxy) is 1. The predicted octanol–water partition coefficient (Wildman–Crippen LogP) is 0.456. The second-order valence-corrected chi connectivity index (χ2v) is 1.18. The van der Waals surface area contributed by atoms with Crippen LogP contribution in [-0.2, 0) is 4.74 Å². The molecule has 0 spiro atoms. The Morgan fingerprint density at radius 2 is 2.44 bits per heavy atom. The molecule has 0 fully saturated rings. The highest BCUT2D eigenvalue weighted by atomic mass is 16.5. The maximum Gasteiger partial charge on any atom is 0.408 e. The SMILES string of the molecule is CCOC(=O)NCN=O. The number of nitrogens with zero attached hydrogens (tertiary/aromatic N) is 1. The Balaban J connectivity index is 3.16. The Morgan fingerprint density at radius 1 is 1.78 bits per heavy atom. The molecule has 0 heterocycles. The highest BCUT2D eigenvalue weighted by Crippen LogP contribution is 1.74. The van der Waals surface area contributed by atoms with Crippen molar-refractivity contribution in [3.05, 3.63) is 4.91 Å². The molecule has 0 radical (unpaired) electrons. The van der Waals surface area contributed by atoms with Crippen LogP contribution in [0.4, 0.5) is 4.79 Å². The van der Waals surface area contributed by atoms with E-state index in [1.807, 2.05) is 0 Å². The number of nitroso groups, excluding NO2 is 1. The fourth-order valence-corrected chi connectivity index (χ4v) is 0.279. The van der Waals surface area contributed by atoms with Gasteiger partial charge in [-0.2, -0.15) is 0 Å². The molecule has 0 aromatic rings. The molecule has 0 aromatic carbocycles. The number of hydrogen-bond acceptors (Lipinski definition) is 4. The van der Waals surface area contributed by atoms with E-state index >= 15 is 0 Å². The molecule has 0 rings (SSSR count). The van der Waals surface area contributed by atoms with Crippen LogP contribution in [0.3, 0.4) is 0 Å². The summed E-state index contributed by atoms with van der Waals surface area (Å²) < 4.78 is 4.40. The van der Waals surface area contributed by atoms with Crippen molar-refractivity contribution in [2.75, 3.05) is 13.3 Å². The molecule has 0 saturated heterocycles. The van der Waals surface area contributed by atoms with Gasteiger partial charge >= 0.3 is 6.09 Å². The average molecular weight is 132 g/mol. The lowest BCUT2D eigenvalue weighted by Gasteiger charge is -1.98. The minimum absolute atomic E-state index is 0.237. The first-order valence-electron chi connectivity index (χ1n) is 2.51. The number of nitrogens with one attached hydrogen (secondary N) is 1. The first-order valence-corrected chi connectivity index (χ1v) is 2.51. The number of alkyl carbamates (subject to hydrolysis) is 1. The largest absolute Gasteiger partial charge is 0.450 e. The summed E-state index contributed by atoms with van der Waals surface area (Å²) in [6.45, 7) is 1.73. The molecular formula is C4H8N2O3. The molecule has 52 valence electrons. The smallest absolute Gasteiger partial charge is 0.408 e. The van der Waals surface area contributed by atoms with E-state index in [-0.39, 0.29) is 6.67 Å². The zero-order valence-electron chi connectivity index (χ0n) is 5.09. The molecule has 5 heteroatoms. The van der Waals surface area contributed by atoms with Crippen LogP contribution >= 0.6 is 0 Å². The van der Waals surface area contributed by atoms with Crippen LogP contribution in [0, 0.1) is 4.91 Å². The lowest BCUT2D eigenvalue weighted by Crippen LogP contribution is -2.23. The zero-order valence-corrected chi connectivity index (χ0v) is 5.09. The molecule has 0 aliphatic carbocycles. The van der Waals surface area contributed by atoms with Crippen LogP contribution in [0.15, 0.2) is 5.18 Å². The topological polar surface area (TPSA) is 67.8 Å². The van der Waals surface area contributed by atoms with Gasteiger partial charge in [-0.25, -0.2) is 4.79 Å². The fraction of sp³-hybridized carbons (Fsp3) is 0.750. The molecule has 0 aliphatic rings. The van der Waals surface area contributed by atoms with Gasteiger partial charge in [-0.15, -0.1) is 4.91 Å². The monoisotopic (exact) mass is 132 g/mol. The number of hydrogen-bond donors (Lipinski definition) is 1. The molecule has 1 amide bonds. The van der Waals surface area contributed by atoms with Crippen molar-refractivity contribution in [2.24, 2.45) is 5.18 Å². The van der Waals surface area contributed by atoms with Crippen LogP contribution in [0.25, 0.3) is 0 Å². The second kappa shape index (κ2) is 5.02. The van der Waals surface area contributed by atoms with E-state index in [1.165, 1.54) is 0 Å². The standard InChI is InChI=1S/C4H8N2O3/c1-2-9-4(7)5-3-6-8/h2-3H2,1H3,(H,5,7). The van der Waals surface area contributed by atoms with E-state index in [0.29, 0.717) is 6.61 Å². The van der Waals surface area contributed by atoms with E-state index in [2.05, 4.69) is 15.2 Å². The molecule has 5 nitrogen and oxygen atoms in total. The minimum Gasteiger partial charge on any atom is -0.450 e. The van der Waals surface area contributed by atoms with Crippen molar-refractivity contribution in [2.45, 2.75) is 6.92 Å². The van der Waals surface area contributed by atoms with Crippen molar-refractivity contribution in [1.29, 1.82) is 0 Å². The number of carbonyl (C=O) groups excluding carboxylic acids is 1. The van der Waals surface area contributed by atoms with Crippen molar-refractivity contribution < 1.29 is 9.53 Å². The summed E-state index contributed by atoms with van der Waals surface area (Å²) in [5.41, 5.74) is 0. The predicted molar refractivity (Wildman–Crippen MR) is 30.8 cm³/mol. The lowest BCUT2D eigenvalue weighted by molar-refractivity contribution is 0.152. The van der Waals surface area contributed by atoms with Crippen LogP contribution < -0.4 is 5.32 Å². The Bertz CT molecular complexity index is 104. The van der Waals surface area contributed by atoms with Crippen molar-refractivity contribution in [3.8, 4) is 0 Å². The third kappa shape index (κ3) is 4.73. The average Bonchev–Trinajstić information content (AvgIpc) is 1.85. The van der Waals surface area contributed by atoms with Crippen molar-refractivity contribution >= 4 is 6.09 Å². The summed E-state index contributed by atoms with van der Waals surface area (Å²) >= 11 is 0. The van der Waals surface area contributed by atoms with Gasteiger partial charge in [-0.1, -0.05) is 0 Å². The minimum atomic E-state index is -0.614. The molecule has 0 unspecified atom stereocenters. The van der Waals surface area contributed by atoms with E-state index in [1.54, 1.807) is 6.92 Å². The van der Waals surface area contributed by atoms with Crippen LogP contribution in [0.5, 0.6) is 0 Å². The highest BCUT2D eigenvalue weighted by Gasteiger charge is 1.95. The van der Waals surface area contributed by atoms with Gasteiger partial charge in [0.1, 0.15) is 0 Å². The van der Waals surface area contributed by atoms with Gasteiger partial charge in [0.2, 0.25) is 0 Å². The van der Waals surface area contributed by atoms with Gasteiger partial charge in [0.25, 0.3) is 0 Å². The van der Waals surface area contributed by atoms with Gasteiger partial charge in [0.15, 0.2) is 6.67 Å². The van der Waals surface area contributed by atoms with Crippen molar-refractivity contribution in [3.63, 3.8) is 0 Å². The van der Waals surface area contributed by atoms with Crippen molar-refractivity contribution in [1.82, 2.24) is 5.32 Å². The van der Waals surface area contributed by atoms with E-state index in [9.17, 15) is 9.70 Å². The van der Waals surface area contributed by atoms with E-state index < -0.39 is 6.09 Å². The third-order valence-electron chi connectivity index (χ3n) is 0.563. The second-order valence-electron chi connectivity index (χ2n) is 1.18. The van der Waals surface area contributed by atoms with Crippen LogP contribution in [0.1, 0.15) is 6.92 Å². The number of carbonyl (C=O) groups is 1. The maximum absolute atomic E-state index is 10.3. The molecule has 0 saturated carbocycles. The van der Waals surface area contributed by atoms with E-state index in [0.717, 1.165) is 0 Å². The van der Waals surface area contributed by atoms with Crippen LogP contribution in [0.2, 0.25) is 0 Å². The Morgan fingerprint density at radius 3 is 2.89 bits per heavy atom. The summed E-state index contributed by atoms with van der Waals surface area (Å²) in [4.78, 5) is 19.7. The maximum atomic E-state index is 10.3. The highest BCUT2D eigenvalue weighted by molar-refractivity contribution is 5.66. The zero-order chi connectivity index (χ0) is 7.11. The van der Waals surface area contributed by atoms with Gasteiger partial charge in [-0.05, 0) is 12.1 Å². The Labute approximate surface area is 52.4 Å². The quantitative estimate of drug-likeness (QED) is 0.567. The summed E-state index contributed by atoms with van der Waals surface area (Å²) in [5.74, 6) is 0. The molecule has 0 atom stereocenters. The van der Waals surface area contributed by atoms with Crippen LogP contribution in [-0.4, -0.2) is 19.4 Å². The summed E-state index contributed by atoms with van der Waals surface area (Å²) in [7, 11) is 0. The first-order chi connectivity index (χ1) is 4.31. The molecular weight excluding hydrogens is 124 g/mol. The van der Waals surface area contributed by atoms with Gasteiger partial charge in [0, 0.05) is 0 Å². The summed E-state index contributed by atoms with van der Waals surface area (Å²) in [5, 5.41) is 4.49. The normalized spacial score (nSPS) is 8.11. The third-order valence-corrected chi connectivity index (χ3v) is 0.563. The number of amides is 1. The van der Waals surface area contributed by atoms with Gasteiger partial charge < -0.3 is 4.74 Å². The van der Waals surface area contributed by atoms with E-state index in [4.69, 9.17) is 0 Å². The Hall–Kier alpha value is -1.13. The fourth-order valence-electron chi connectivity index (χ4n) is 0.279.